The van der Waals surface area contributed by atoms with E-state index in [0.29, 0.717) is 10.7 Å². The quantitative estimate of drug-likeness (QED) is 0.368. The van der Waals surface area contributed by atoms with Gasteiger partial charge in [-0.15, -0.1) is 11.3 Å². The minimum absolute atomic E-state index is 0.0328. The molecule has 9 heteroatoms. The van der Waals surface area contributed by atoms with Crippen LogP contribution in [0.4, 0.5) is 0 Å². The van der Waals surface area contributed by atoms with E-state index >= 15 is 0 Å². The Hall–Kier alpha value is -2.65. The molecule has 30 heavy (non-hydrogen) atoms. The van der Waals surface area contributed by atoms with Crippen LogP contribution in [0.3, 0.4) is 0 Å². The molecule has 2 heterocycles. The van der Waals surface area contributed by atoms with Crippen LogP contribution < -0.4 is 16.4 Å². The van der Waals surface area contributed by atoms with Crippen molar-refractivity contribution in [3.8, 4) is 0 Å². The molecule has 0 saturated heterocycles. The molecule has 0 fully saturated rings. The largest absolute Gasteiger partial charge is 0.290 e. The van der Waals surface area contributed by atoms with Crippen molar-refractivity contribution in [1.82, 2.24) is 20.4 Å². The summed E-state index contributed by atoms with van der Waals surface area (Å²) in [5.74, 6) is -0.727. The third-order valence-electron chi connectivity index (χ3n) is 5.12. The van der Waals surface area contributed by atoms with Crippen molar-refractivity contribution in [3.05, 3.63) is 56.2 Å². The number of carbonyl (C=O) groups is 2. The van der Waals surface area contributed by atoms with E-state index in [1.54, 1.807) is 30.5 Å². The Balaban J connectivity index is 1.41. The number of nitrogens with one attached hydrogen (secondary N) is 2. The minimum atomic E-state index is -0.385. The number of hydrazine groups is 1. The fourth-order valence-corrected chi connectivity index (χ4v) is 5.54. The summed E-state index contributed by atoms with van der Waals surface area (Å²) in [6.45, 7) is 1.94. The summed E-state index contributed by atoms with van der Waals surface area (Å²) < 4.78 is 1.51. The maximum absolute atomic E-state index is 12.9. The van der Waals surface area contributed by atoms with Gasteiger partial charge in [0.2, 0.25) is 5.91 Å². The molecule has 7 nitrogen and oxygen atoms in total. The Morgan fingerprint density at radius 3 is 2.67 bits per heavy atom. The minimum Gasteiger partial charge on any atom is -0.290 e. The van der Waals surface area contributed by atoms with Gasteiger partial charge in [-0.25, -0.2) is 4.98 Å². The predicted molar refractivity (Wildman–Crippen MR) is 119 cm³/mol. The molecule has 1 aromatic carbocycles. The van der Waals surface area contributed by atoms with E-state index in [2.05, 4.69) is 15.8 Å². The zero-order valence-electron chi connectivity index (χ0n) is 16.8. The monoisotopic (exact) mass is 442 g/mol. The SMILES string of the molecule is Cc1ccc(C(=O)NNC(=O)CSc2nc3sc4c(c3c(=O)n2C)CCCC4)cc1. The summed E-state index contributed by atoms with van der Waals surface area (Å²) in [4.78, 5) is 43.8. The van der Waals surface area contributed by atoms with Gasteiger partial charge in [0.25, 0.3) is 11.5 Å². The molecular formula is C21H22N4O3S2. The number of aromatic nitrogens is 2. The van der Waals surface area contributed by atoms with Crippen LogP contribution in [-0.2, 0) is 24.7 Å². The number of benzene rings is 1. The van der Waals surface area contributed by atoms with E-state index in [-0.39, 0.29) is 23.1 Å². The van der Waals surface area contributed by atoms with Crippen molar-refractivity contribution in [3.63, 3.8) is 0 Å². The average Bonchev–Trinajstić information content (AvgIpc) is 3.12. The first-order valence-corrected chi connectivity index (χ1v) is 11.5. The highest BCUT2D eigenvalue weighted by Crippen LogP contribution is 2.34. The predicted octanol–water partition coefficient (Wildman–Crippen LogP) is 2.74. The highest BCUT2D eigenvalue weighted by molar-refractivity contribution is 7.99. The van der Waals surface area contributed by atoms with E-state index in [9.17, 15) is 14.4 Å². The lowest BCUT2D eigenvalue weighted by molar-refractivity contribution is -0.119. The molecule has 0 saturated carbocycles. The van der Waals surface area contributed by atoms with Gasteiger partial charge in [0, 0.05) is 17.5 Å². The van der Waals surface area contributed by atoms with Gasteiger partial charge in [-0.1, -0.05) is 29.5 Å². The van der Waals surface area contributed by atoms with Crippen molar-refractivity contribution in [2.75, 3.05) is 5.75 Å². The molecule has 1 aliphatic rings. The number of fused-ring (bicyclic) bond motifs is 3. The van der Waals surface area contributed by atoms with Crippen LogP contribution in [0.2, 0.25) is 0 Å². The van der Waals surface area contributed by atoms with Crippen LogP contribution in [0, 0.1) is 6.92 Å². The number of thioether (sulfide) groups is 1. The zero-order valence-corrected chi connectivity index (χ0v) is 18.4. The van der Waals surface area contributed by atoms with E-state index in [1.165, 1.54) is 21.2 Å². The Labute approximate surface area is 181 Å². The number of rotatable bonds is 4. The Morgan fingerprint density at radius 1 is 1.17 bits per heavy atom. The maximum Gasteiger partial charge on any atom is 0.269 e. The maximum atomic E-state index is 12.9. The first-order chi connectivity index (χ1) is 14.4. The first kappa shape index (κ1) is 20.6. The number of hydrogen-bond acceptors (Lipinski definition) is 6. The first-order valence-electron chi connectivity index (χ1n) is 9.74. The van der Waals surface area contributed by atoms with Crippen LogP contribution in [-0.4, -0.2) is 27.1 Å². The highest BCUT2D eigenvalue weighted by atomic mass is 32.2. The van der Waals surface area contributed by atoms with Crippen LogP contribution in [0.5, 0.6) is 0 Å². The summed E-state index contributed by atoms with van der Waals surface area (Å²) in [5.41, 5.74) is 7.42. The van der Waals surface area contributed by atoms with Gasteiger partial charge in [0.15, 0.2) is 5.16 Å². The molecule has 3 aromatic rings. The van der Waals surface area contributed by atoms with E-state index < -0.39 is 0 Å². The molecule has 0 radical (unpaired) electrons. The second-order valence-electron chi connectivity index (χ2n) is 7.31. The fourth-order valence-electron chi connectivity index (χ4n) is 3.47. The molecule has 0 unspecified atom stereocenters. The van der Waals surface area contributed by atoms with Crippen molar-refractivity contribution < 1.29 is 9.59 Å². The standard InChI is InChI=1S/C21H22N4O3S2/c1-12-7-9-13(10-8-12)18(27)24-23-16(26)11-29-21-22-19-17(20(28)25(21)2)14-5-3-4-6-15(14)30-19/h7-10H,3-6,11H2,1-2H3,(H,23,26)(H,24,27). The molecule has 0 aliphatic heterocycles. The summed E-state index contributed by atoms with van der Waals surface area (Å²) >= 11 is 2.76. The topological polar surface area (TPSA) is 93.1 Å². The van der Waals surface area contributed by atoms with E-state index in [1.807, 2.05) is 19.1 Å². The van der Waals surface area contributed by atoms with Gasteiger partial charge in [0.1, 0.15) is 4.83 Å². The summed E-state index contributed by atoms with van der Waals surface area (Å²) in [5, 5.41) is 1.22. The van der Waals surface area contributed by atoms with Gasteiger partial charge in [0.05, 0.1) is 11.1 Å². The molecule has 2 N–H and O–H groups in total. The Kier molecular flexibility index (Phi) is 5.92. The number of amides is 2. The van der Waals surface area contributed by atoms with Gasteiger partial charge >= 0.3 is 0 Å². The lowest BCUT2D eigenvalue weighted by Gasteiger charge is -2.11. The van der Waals surface area contributed by atoms with Crippen LogP contribution in [0.1, 0.15) is 39.2 Å². The second kappa shape index (κ2) is 8.61. The molecular weight excluding hydrogens is 420 g/mol. The van der Waals surface area contributed by atoms with Crippen LogP contribution >= 0.6 is 23.1 Å². The lowest BCUT2D eigenvalue weighted by atomic mass is 9.97. The number of thiophene rings is 1. The number of carbonyl (C=O) groups excluding carboxylic acids is 2. The van der Waals surface area contributed by atoms with Crippen molar-refractivity contribution >= 4 is 45.1 Å². The third-order valence-corrected chi connectivity index (χ3v) is 7.33. The second-order valence-corrected chi connectivity index (χ2v) is 9.33. The number of aryl methyl sites for hydroxylation is 3. The summed E-state index contributed by atoms with van der Waals surface area (Å²) in [6, 6.07) is 7.05. The number of nitrogens with zero attached hydrogens (tertiary/aromatic N) is 2. The zero-order chi connectivity index (χ0) is 21.3. The smallest absolute Gasteiger partial charge is 0.269 e. The van der Waals surface area contributed by atoms with Crippen molar-refractivity contribution in [2.45, 2.75) is 37.8 Å². The Morgan fingerprint density at radius 2 is 1.90 bits per heavy atom. The summed E-state index contributed by atoms with van der Waals surface area (Å²) in [6.07, 6.45) is 4.19. The van der Waals surface area contributed by atoms with Crippen LogP contribution in [0.15, 0.2) is 34.2 Å². The number of hydrogen-bond donors (Lipinski definition) is 2. The molecule has 2 aromatic heterocycles. The van der Waals surface area contributed by atoms with Crippen molar-refractivity contribution in [2.24, 2.45) is 7.05 Å². The molecule has 0 spiro atoms. The van der Waals surface area contributed by atoms with Gasteiger partial charge in [-0.2, -0.15) is 0 Å². The molecule has 0 atom stereocenters. The van der Waals surface area contributed by atoms with Crippen molar-refractivity contribution in [1.29, 1.82) is 0 Å². The van der Waals surface area contributed by atoms with E-state index in [4.69, 9.17) is 0 Å². The molecule has 4 rings (SSSR count). The fraction of sp³-hybridized carbons (Fsp3) is 0.333. The lowest BCUT2D eigenvalue weighted by Crippen LogP contribution is -2.42. The van der Waals surface area contributed by atoms with Crippen LogP contribution in [0.25, 0.3) is 10.2 Å². The van der Waals surface area contributed by atoms with E-state index in [0.717, 1.165) is 47.0 Å². The molecule has 2 amide bonds. The van der Waals surface area contributed by atoms with Gasteiger partial charge in [-0.3, -0.25) is 29.8 Å². The van der Waals surface area contributed by atoms with Gasteiger partial charge < -0.3 is 0 Å². The third kappa shape index (κ3) is 4.13. The van der Waals surface area contributed by atoms with Gasteiger partial charge in [-0.05, 0) is 50.3 Å². The highest BCUT2D eigenvalue weighted by Gasteiger charge is 2.21. The molecule has 1 aliphatic carbocycles. The normalized spacial score (nSPS) is 13.1. The molecule has 0 bridgehead atoms. The summed E-state index contributed by atoms with van der Waals surface area (Å²) in [7, 11) is 1.68. The average molecular weight is 443 g/mol. The molecule has 156 valence electrons. The Bertz CT molecular complexity index is 1180.